The number of carbonyl (C=O) groups excluding carboxylic acids is 2. The number of nitrogens with one attached hydrogen (secondary N) is 2. The van der Waals surface area contributed by atoms with Crippen molar-refractivity contribution in [2.45, 2.75) is 51.9 Å². The van der Waals surface area contributed by atoms with Crippen molar-refractivity contribution in [1.82, 2.24) is 15.3 Å². The van der Waals surface area contributed by atoms with Crippen LogP contribution in [0.25, 0.3) is 0 Å². The van der Waals surface area contributed by atoms with E-state index >= 15 is 0 Å². The molecule has 0 aromatic carbocycles. The van der Waals surface area contributed by atoms with Gasteiger partial charge in [-0.3, -0.25) is 18.9 Å². The van der Waals surface area contributed by atoms with Crippen molar-refractivity contribution in [3.8, 4) is 0 Å². The van der Waals surface area contributed by atoms with Crippen molar-refractivity contribution in [1.29, 1.82) is 0 Å². The number of esters is 2. The molecule has 31 heavy (non-hydrogen) atoms. The van der Waals surface area contributed by atoms with E-state index in [9.17, 15) is 28.9 Å². The second-order valence-corrected chi connectivity index (χ2v) is 7.65. The van der Waals surface area contributed by atoms with Crippen molar-refractivity contribution in [3.63, 3.8) is 0 Å². The number of hydrogen-bond acceptors (Lipinski definition) is 10. The maximum Gasteiger partial charge on any atom is 0.475 e. The number of aliphatic carboxylic acids is 1. The first-order valence-electron chi connectivity index (χ1n) is 9.61. The van der Waals surface area contributed by atoms with Gasteiger partial charge >= 0.3 is 25.7 Å². The molecule has 0 amide bonds. The predicted octanol–water partition coefficient (Wildman–Crippen LogP) is 0.751. The Morgan fingerprint density at radius 1 is 1.29 bits per heavy atom. The molecular weight excluding hydrogens is 437 g/mol. The molecule has 3 atom stereocenters. The maximum absolute atomic E-state index is 12.1. The minimum Gasteiger partial charge on any atom is -0.480 e. The summed E-state index contributed by atoms with van der Waals surface area (Å²) in [5.74, 6) is -2.45. The molecule has 13 nitrogen and oxygen atoms in total. The second-order valence-electron chi connectivity index (χ2n) is 6.24. The number of imidazole rings is 1. The quantitative estimate of drug-likeness (QED) is 0.116. The van der Waals surface area contributed by atoms with Crippen LogP contribution in [-0.2, 0) is 43.9 Å². The SMILES string of the molecule is CCCC(=O)OC(COC(=O)CC)OP(=O)(O)OCCNC(Cc1cnc[nH]1)C(=O)O. The highest BCUT2D eigenvalue weighted by atomic mass is 31.2. The number of nitrogens with zero attached hydrogens (tertiary/aromatic N) is 1. The molecule has 1 heterocycles. The molecular formula is C17H28N3O10P. The number of ether oxygens (including phenoxy) is 2. The average Bonchev–Trinajstić information content (AvgIpc) is 3.21. The Kier molecular flexibility index (Phi) is 12.0. The van der Waals surface area contributed by atoms with E-state index in [1.54, 1.807) is 13.8 Å². The molecule has 0 aliphatic carbocycles. The van der Waals surface area contributed by atoms with Gasteiger partial charge in [0.15, 0.2) is 6.61 Å². The summed E-state index contributed by atoms with van der Waals surface area (Å²) in [4.78, 5) is 50.7. The molecule has 0 saturated heterocycles. The molecule has 4 N–H and O–H groups in total. The molecule has 3 unspecified atom stereocenters. The van der Waals surface area contributed by atoms with E-state index < -0.39 is 44.7 Å². The monoisotopic (exact) mass is 465 g/mol. The Morgan fingerprint density at radius 2 is 2.03 bits per heavy atom. The number of aromatic amines is 1. The van der Waals surface area contributed by atoms with Crippen LogP contribution >= 0.6 is 7.82 Å². The number of carboxylic acids is 1. The fraction of sp³-hybridized carbons (Fsp3) is 0.647. The zero-order chi connectivity index (χ0) is 23.3. The standard InChI is InChI=1S/C17H28N3O10P/c1-3-5-15(22)29-16(10-27-14(21)4-2)30-31(25,26)28-7-6-19-13(17(23)24)8-12-9-18-11-20-12/h9,11,13,16,19H,3-8,10H2,1-2H3,(H,18,20)(H,23,24)(H,25,26). The van der Waals surface area contributed by atoms with Crippen LogP contribution in [0.15, 0.2) is 12.5 Å². The topological polar surface area (TPSA) is 186 Å². The van der Waals surface area contributed by atoms with Gasteiger partial charge in [0.05, 0.1) is 12.9 Å². The van der Waals surface area contributed by atoms with Crippen molar-refractivity contribution in [3.05, 3.63) is 18.2 Å². The van der Waals surface area contributed by atoms with Gasteiger partial charge in [-0.05, 0) is 6.42 Å². The van der Waals surface area contributed by atoms with E-state index in [4.69, 9.17) is 18.5 Å². The molecule has 0 bridgehead atoms. The number of phosphoric acid groups is 1. The van der Waals surface area contributed by atoms with Gasteiger partial charge in [0.2, 0.25) is 6.29 Å². The van der Waals surface area contributed by atoms with Crippen LogP contribution in [0, 0.1) is 0 Å². The Morgan fingerprint density at radius 3 is 2.61 bits per heavy atom. The van der Waals surface area contributed by atoms with Crippen molar-refractivity contribution >= 4 is 25.7 Å². The lowest BCUT2D eigenvalue weighted by Crippen LogP contribution is -2.40. The minimum atomic E-state index is -4.70. The third kappa shape index (κ3) is 11.6. The van der Waals surface area contributed by atoms with Crippen LogP contribution in [-0.4, -0.2) is 70.0 Å². The highest BCUT2D eigenvalue weighted by Crippen LogP contribution is 2.44. The summed E-state index contributed by atoms with van der Waals surface area (Å²) >= 11 is 0. The molecule has 176 valence electrons. The third-order valence-corrected chi connectivity index (χ3v) is 4.67. The van der Waals surface area contributed by atoms with Crippen LogP contribution in [0.1, 0.15) is 38.8 Å². The van der Waals surface area contributed by atoms with E-state index in [1.807, 2.05) is 0 Å². The van der Waals surface area contributed by atoms with Gasteiger partial charge in [0.1, 0.15) is 6.04 Å². The number of phosphoric ester groups is 1. The largest absolute Gasteiger partial charge is 0.480 e. The Bertz CT molecular complexity index is 743. The third-order valence-electron chi connectivity index (χ3n) is 3.66. The highest BCUT2D eigenvalue weighted by molar-refractivity contribution is 7.47. The molecule has 1 aromatic heterocycles. The van der Waals surface area contributed by atoms with Crippen molar-refractivity contribution < 1.29 is 47.5 Å². The van der Waals surface area contributed by atoms with E-state index in [0.717, 1.165) is 0 Å². The van der Waals surface area contributed by atoms with E-state index in [0.29, 0.717) is 12.1 Å². The number of hydrogen-bond donors (Lipinski definition) is 4. The van der Waals surface area contributed by atoms with Crippen LogP contribution < -0.4 is 5.32 Å². The Hall–Kier alpha value is -2.31. The molecule has 0 aliphatic rings. The molecule has 0 aliphatic heterocycles. The zero-order valence-corrected chi connectivity index (χ0v) is 18.2. The van der Waals surface area contributed by atoms with Gasteiger partial charge in [0.25, 0.3) is 0 Å². The summed E-state index contributed by atoms with van der Waals surface area (Å²) in [6, 6.07) is -0.987. The first-order chi connectivity index (χ1) is 14.7. The molecule has 0 radical (unpaired) electrons. The van der Waals surface area contributed by atoms with E-state index in [1.165, 1.54) is 12.5 Å². The lowest BCUT2D eigenvalue weighted by molar-refractivity contribution is -0.179. The summed E-state index contributed by atoms with van der Waals surface area (Å²) in [7, 11) is -4.70. The summed E-state index contributed by atoms with van der Waals surface area (Å²) in [6.45, 7) is 2.22. The number of carboxylic acid groups (broad SMARTS) is 1. The van der Waals surface area contributed by atoms with Gasteiger partial charge in [-0.1, -0.05) is 13.8 Å². The first-order valence-corrected chi connectivity index (χ1v) is 11.1. The van der Waals surface area contributed by atoms with Gasteiger partial charge in [-0.25, -0.2) is 14.1 Å². The average molecular weight is 465 g/mol. The minimum absolute atomic E-state index is 0.0367. The van der Waals surface area contributed by atoms with Gasteiger partial charge in [0, 0.05) is 37.7 Å². The molecule has 0 fully saturated rings. The number of rotatable bonds is 16. The van der Waals surface area contributed by atoms with Crippen molar-refractivity contribution in [2.24, 2.45) is 0 Å². The van der Waals surface area contributed by atoms with Crippen LogP contribution in [0.2, 0.25) is 0 Å². The van der Waals surface area contributed by atoms with Gasteiger partial charge < -0.3 is 29.8 Å². The summed E-state index contributed by atoms with van der Waals surface area (Å²) in [6.07, 6.45) is 1.94. The van der Waals surface area contributed by atoms with Crippen LogP contribution in [0.4, 0.5) is 0 Å². The van der Waals surface area contributed by atoms with Gasteiger partial charge in [-0.15, -0.1) is 0 Å². The van der Waals surface area contributed by atoms with Crippen molar-refractivity contribution in [2.75, 3.05) is 19.8 Å². The fourth-order valence-corrected chi connectivity index (χ4v) is 2.98. The molecule has 1 aromatic rings. The second kappa shape index (κ2) is 13.9. The Labute approximate surface area is 179 Å². The highest BCUT2D eigenvalue weighted by Gasteiger charge is 2.30. The Balaban J connectivity index is 2.53. The lowest BCUT2D eigenvalue weighted by Gasteiger charge is -2.21. The number of aromatic nitrogens is 2. The zero-order valence-electron chi connectivity index (χ0n) is 17.3. The lowest BCUT2D eigenvalue weighted by atomic mass is 10.1. The number of H-pyrrole nitrogens is 1. The predicted molar refractivity (Wildman–Crippen MR) is 105 cm³/mol. The molecule has 0 spiro atoms. The van der Waals surface area contributed by atoms with E-state index in [2.05, 4.69) is 15.3 Å². The normalized spacial score (nSPS) is 14.9. The fourth-order valence-electron chi connectivity index (χ4n) is 2.19. The van der Waals surface area contributed by atoms with E-state index in [-0.39, 0.29) is 32.4 Å². The smallest absolute Gasteiger partial charge is 0.475 e. The first kappa shape index (κ1) is 26.7. The number of carbonyl (C=O) groups is 3. The summed E-state index contributed by atoms with van der Waals surface area (Å²) < 4.78 is 31.4. The molecule has 14 heteroatoms. The summed E-state index contributed by atoms with van der Waals surface area (Å²) in [5, 5.41) is 11.9. The molecule has 0 saturated carbocycles. The molecule has 1 rings (SSSR count). The van der Waals surface area contributed by atoms with Crippen LogP contribution in [0.3, 0.4) is 0 Å². The summed E-state index contributed by atoms with van der Waals surface area (Å²) in [5.41, 5.74) is 0.593. The van der Waals surface area contributed by atoms with Crippen LogP contribution in [0.5, 0.6) is 0 Å². The maximum atomic E-state index is 12.1. The van der Waals surface area contributed by atoms with Gasteiger partial charge in [-0.2, -0.15) is 0 Å².